The van der Waals surface area contributed by atoms with Crippen LogP contribution in [0.3, 0.4) is 0 Å². The molecule has 1 aliphatic carbocycles. The molecule has 0 saturated heterocycles. The Morgan fingerprint density at radius 1 is 1.21 bits per heavy atom. The van der Waals surface area contributed by atoms with E-state index in [1.54, 1.807) is 0 Å². The monoisotopic (exact) mass is 277 g/mol. The van der Waals surface area contributed by atoms with Gasteiger partial charge < -0.3 is 5.11 Å². The molecule has 0 aliphatic heterocycles. The SMILES string of the molecule is OCCN(Cc1cc(F)cc(C(F)(F)F)c1)C1CC1. The first-order valence-electron chi connectivity index (χ1n) is 6.11. The molecule has 0 aromatic heterocycles. The summed E-state index contributed by atoms with van der Waals surface area (Å²) >= 11 is 0. The largest absolute Gasteiger partial charge is 0.416 e. The molecule has 1 saturated carbocycles. The first kappa shape index (κ1) is 14.3. The molecule has 1 aromatic rings. The van der Waals surface area contributed by atoms with E-state index in [1.165, 1.54) is 0 Å². The van der Waals surface area contributed by atoms with Crippen molar-refractivity contribution in [1.29, 1.82) is 0 Å². The molecule has 1 fully saturated rings. The number of halogens is 4. The van der Waals surface area contributed by atoms with Crippen LogP contribution in [0.25, 0.3) is 0 Å². The van der Waals surface area contributed by atoms with Gasteiger partial charge in [0.05, 0.1) is 12.2 Å². The molecule has 6 heteroatoms. The van der Waals surface area contributed by atoms with Gasteiger partial charge in [-0.05, 0) is 36.6 Å². The van der Waals surface area contributed by atoms with Gasteiger partial charge in [0.15, 0.2) is 0 Å². The maximum absolute atomic E-state index is 13.2. The maximum Gasteiger partial charge on any atom is 0.416 e. The molecule has 1 aliphatic rings. The van der Waals surface area contributed by atoms with Crippen LogP contribution in [0.2, 0.25) is 0 Å². The Morgan fingerprint density at radius 2 is 1.89 bits per heavy atom. The molecular weight excluding hydrogens is 262 g/mol. The predicted molar refractivity (Wildman–Crippen MR) is 61.9 cm³/mol. The number of hydrogen-bond acceptors (Lipinski definition) is 2. The molecule has 0 heterocycles. The number of benzene rings is 1. The zero-order valence-electron chi connectivity index (χ0n) is 10.3. The third-order valence-electron chi connectivity index (χ3n) is 3.12. The highest BCUT2D eigenvalue weighted by molar-refractivity contribution is 5.27. The lowest BCUT2D eigenvalue weighted by atomic mass is 10.1. The van der Waals surface area contributed by atoms with Crippen LogP contribution >= 0.6 is 0 Å². The topological polar surface area (TPSA) is 23.5 Å². The van der Waals surface area contributed by atoms with Crippen LogP contribution in [0.15, 0.2) is 18.2 Å². The van der Waals surface area contributed by atoms with Crippen LogP contribution in [-0.2, 0) is 12.7 Å². The minimum Gasteiger partial charge on any atom is -0.395 e. The molecule has 0 unspecified atom stereocenters. The Balaban J connectivity index is 2.17. The summed E-state index contributed by atoms with van der Waals surface area (Å²) in [6.45, 7) is 0.562. The summed E-state index contributed by atoms with van der Waals surface area (Å²) in [7, 11) is 0. The molecule has 1 N–H and O–H groups in total. The van der Waals surface area contributed by atoms with Gasteiger partial charge in [0, 0.05) is 19.1 Å². The second-order valence-electron chi connectivity index (χ2n) is 4.77. The Labute approximate surface area is 108 Å². The van der Waals surface area contributed by atoms with E-state index in [9.17, 15) is 17.6 Å². The number of aliphatic hydroxyl groups is 1. The summed E-state index contributed by atoms with van der Waals surface area (Å²) in [6, 6.07) is 2.87. The Morgan fingerprint density at radius 3 is 2.42 bits per heavy atom. The van der Waals surface area contributed by atoms with Crippen LogP contribution in [0, 0.1) is 5.82 Å². The third-order valence-corrected chi connectivity index (χ3v) is 3.12. The minimum absolute atomic E-state index is 0.0576. The van der Waals surface area contributed by atoms with E-state index in [0.717, 1.165) is 25.0 Å². The van der Waals surface area contributed by atoms with Gasteiger partial charge in [-0.25, -0.2) is 4.39 Å². The van der Waals surface area contributed by atoms with Gasteiger partial charge in [-0.15, -0.1) is 0 Å². The van der Waals surface area contributed by atoms with Crippen molar-refractivity contribution in [2.75, 3.05) is 13.2 Å². The van der Waals surface area contributed by atoms with Gasteiger partial charge in [0.25, 0.3) is 0 Å². The molecule has 0 amide bonds. The van der Waals surface area contributed by atoms with Gasteiger partial charge >= 0.3 is 6.18 Å². The van der Waals surface area contributed by atoms with E-state index in [-0.39, 0.29) is 18.7 Å². The van der Waals surface area contributed by atoms with Crippen LogP contribution in [0.4, 0.5) is 17.6 Å². The fraction of sp³-hybridized carbons (Fsp3) is 0.538. The lowest BCUT2D eigenvalue weighted by Crippen LogP contribution is -2.28. The predicted octanol–water partition coefficient (Wildman–Crippen LogP) is 2.80. The average molecular weight is 277 g/mol. The minimum atomic E-state index is -4.54. The molecular formula is C13H15F4NO. The summed E-state index contributed by atoms with van der Waals surface area (Å²) in [4.78, 5) is 1.88. The second kappa shape index (κ2) is 5.46. The van der Waals surface area contributed by atoms with Crippen molar-refractivity contribution in [3.8, 4) is 0 Å². The summed E-state index contributed by atoms with van der Waals surface area (Å²) in [5, 5.41) is 8.93. The zero-order chi connectivity index (χ0) is 14.0. The molecule has 2 rings (SSSR count). The van der Waals surface area contributed by atoms with Crippen molar-refractivity contribution in [2.24, 2.45) is 0 Å². The van der Waals surface area contributed by atoms with E-state index < -0.39 is 17.6 Å². The normalized spacial score (nSPS) is 16.1. The third kappa shape index (κ3) is 3.91. The number of rotatable bonds is 5. The van der Waals surface area contributed by atoms with Crippen molar-refractivity contribution in [3.63, 3.8) is 0 Å². The van der Waals surface area contributed by atoms with Gasteiger partial charge in [-0.3, -0.25) is 4.90 Å². The van der Waals surface area contributed by atoms with E-state index in [1.807, 2.05) is 4.90 Å². The van der Waals surface area contributed by atoms with E-state index in [0.29, 0.717) is 18.7 Å². The van der Waals surface area contributed by atoms with Crippen LogP contribution in [-0.4, -0.2) is 29.2 Å². The summed E-state index contributed by atoms with van der Waals surface area (Å²) in [5.74, 6) is -0.885. The van der Waals surface area contributed by atoms with E-state index >= 15 is 0 Å². The fourth-order valence-corrected chi connectivity index (χ4v) is 2.10. The summed E-state index contributed by atoms with van der Waals surface area (Å²) < 4.78 is 51.0. The smallest absolute Gasteiger partial charge is 0.395 e. The number of nitrogens with zero attached hydrogens (tertiary/aromatic N) is 1. The van der Waals surface area contributed by atoms with E-state index in [2.05, 4.69) is 0 Å². The maximum atomic E-state index is 13.2. The quantitative estimate of drug-likeness (QED) is 0.837. The zero-order valence-corrected chi connectivity index (χ0v) is 10.3. The van der Waals surface area contributed by atoms with Gasteiger partial charge in [0.1, 0.15) is 5.82 Å². The van der Waals surface area contributed by atoms with Crippen LogP contribution in [0.1, 0.15) is 24.0 Å². The molecule has 0 spiro atoms. The second-order valence-corrected chi connectivity index (χ2v) is 4.77. The molecule has 0 bridgehead atoms. The van der Waals surface area contributed by atoms with Crippen molar-refractivity contribution >= 4 is 0 Å². The number of aliphatic hydroxyl groups excluding tert-OH is 1. The van der Waals surface area contributed by atoms with Gasteiger partial charge in [0.2, 0.25) is 0 Å². The Bertz CT molecular complexity index is 443. The summed E-state index contributed by atoms with van der Waals surface area (Å²) in [5.41, 5.74) is -0.685. The fourth-order valence-electron chi connectivity index (χ4n) is 2.10. The van der Waals surface area contributed by atoms with Gasteiger partial charge in [-0.1, -0.05) is 0 Å². The molecule has 0 radical (unpaired) electrons. The summed E-state index contributed by atoms with van der Waals surface area (Å²) in [6.07, 6.45) is -2.60. The molecule has 1 aromatic carbocycles. The van der Waals surface area contributed by atoms with Crippen molar-refractivity contribution in [3.05, 3.63) is 35.1 Å². The molecule has 2 nitrogen and oxygen atoms in total. The van der Waals surface area contributed by atoms with Gasteiger partial charge in [-0.2, -0.15) is 13.2 Å². The van der Waals surface area contributed by atoms with Crippen molar-refractivity contribution in [2.45, 2.75) is 31.6 Å². The van der Waals surface area contributed by atoms with Crippen molar-refractivity contribution < 1.29 is 22.7 Å². The standard InChI is InChI=1S/C13H15F4NO/c14-11-6-9(5-10(7-11)13(15,16)17)8-18(3-4-19)12-1-2-12/h5-7,12,19H,1-4,8H2. The highest BCUT2D eigenvalue weighted by atomic mass is 19.4. The lowest BCUT2D eigenvalue weighted by Gasteiger charge is -2.21. The first-order chi connectivity index (χ1) is 8.90. The Hall–Kier alpha value is -1.14. The first-order valence-corrected chi connectivity index (χ1v) is 6.11. The van der Waals surface area contributed by atoms with E-state index in [4.69, 9.17) is 5.11 Å². The Kier molecular flexibility index (Phi) is 4.10. The number of hydrogen-bond donors (Lipinski definition) is 1. The van der Waals surface area contributed by atoms with Crippen LogP contribution in [0.5, 0.6) is 0 Å². The highest BCUT2D eigenvalue weighted by Crippen LogP contribution is 2.32. The molecule has 0 atom stereocenters. The molecule has 19 heavy (non-hydrogen) atoms. The molecule has 106 valence electrons. The highest BCUT2D eigenvalue weighted by Gasteiger charge is 2.32. The number of alkyl halides is 3. The van der Waals surface area contributed by atoms with Crippen LogP contribution < -0.4 is 0 Å². The lowest BCUT2D eigenvalue weighted by molar-refractivity contribution is -0.137. The van der Waals surface area contributed by atoms with Crippen molar-refractivity contribution in [1.82, 2.24) is 4.90 Å². The average Bonchev–Trinajstić information content (AvgIpc) is 3.10.